The Morgan fingerprint density at radius 1 is 1.41 bits per heavy atom. The Bertz CT molecular complexity index is 921. The number of anilines is 1. The number of methoxy groups -OCH3 is 1. The Balaban J connectivity index is 1.86. The predicted molar refractivity (Wildman–Crippen MR) is 110 cm³/mol. The molecular weight excluding hydrogens is 380 g/mol. The van der Waals surface area contributed by atoms with Gasteiger partial charge in [0.2, 0.25) is 0 Å². The molecule has 1 atom stereocenters. The number of rotatable bonds is 3. The van der Waals surface area contributed by atoms with Crippen LogP contribution in [0.2, 0.25) is 5.02 Å². The molecule has 6 heteroatoms. The van der Waals surface area contributed by atoms with E-state index in [1.165, 1.54) is 23.3 Å². The molecule has 1 heterocycles. The van der Waals surface area contributed by atoms with Crippen LogP contribution >= 0.6 is 22.9 Å². The molecule has 142 valence electrons. The Labute approximate surface area is 169 Å². The van der Waals surface area contributed by atoms with Gasteiger partial charge in [0, 0.05) is 10.4 Å². The topological polar surface area (TPSA) is 62.1 Å². The van der Waals surface area contributed by atoms with Crippen LogP contribution in [0.3, 0.4) is 0 Å². The molecule has 1 aliphatic rings. The number of hydrogen-bond acceptors (Lipinski definition) is 4. The second kappa shape index (κ2) is 7.53. The highest BCUT2D eigenvalue weighted by Gasteiger charge is 2.32. The Morgan fingerprint density at radius 3 is 2.74 bits per heavy atom. The van der Waals surface area contributed by atoms with Gasteiger partial charge >= 0.3 is 0 Å². The number of halogens is 1. The van der Waals surface area contributed by atoms with E-state index in [-0.39, 0.29) is 11.3 Å². The molecule has 3 rings (SSSR count). The second-order valence-corrected chi connectivity index (χ2v) is 9.44. The number of carbonyl (C=O) groups excluding carboxylic acids is 1. The number of nitriles is 1. The van der Waals surface area contributed by atoms with Crippen LogP contribution in [-0.4, -0.2) is 13.0 Å². The van der Waals surface area contributed by atoms with Gasteiger partial charge in [0.05, 0.1) is 17.7 Å². The first-order chi connectivity index (χ1) is 12.7. The highest BCUT2D eigenvalue weighted by molar-refractivity contribution is 7.16. The fourth-order valence-corrected chi connectivity index (χ4v) is 5.04. The molecule has 0 bridgehead atoms. The summed E-state index contributed by atoms with van der Waals surface area (Å²) in [6.45, 7) is 6.78. The number of nitrogens with zero attached hydrogens (tertiary/aromatic N) is 1. The number of benzene rings is 1. The summed E-state index contributed by atoms with van der Waals surface area (Å²) in [6.07, 6.45) is 2.92. The lowest BCUT2D eigenvalue weighted by molar-refractivity contribution is 0.102. The maximum Gasteiger partial charge on any atom is 0.256 e. The van der Waals surface area contributed by atoms with E-state index in [1.54, 1.807) is 18.2 Å². The third-order valence-electron chi connectivity index (χ3n) is 5.24. The first kappa shape index (κ1) is 19.7. The van der Waals surface area contributed by atoms with Crippen LogP contribution in [0, 0.1) is 22.7 Å². The lowest BCUT2D eigenvalue weighted by atomic mass is 9.72. The Hall–Kier alpha value is -2.03. The molecule has 0 unspecified atom stereocenters. The van der Waals surface area contributed by atoms with Gasteiger partial charge < -0.3 is 10.1 Å². The third-order valence-corrected chi connectivity index (χ3v) is 6.71. The summed E-state index contributed by atoms with van der Waals surface area (Å²) in [6, 6.07) is 7.19. The molecule has 4 nitrogen and oxygen atoms in total. The first-order valence-corrected chi connectivity index (χ1v) is 10.1. The summed E-state index contributed by atoms with van der Waals surface area (Å²) in [5.41, 5.74) is 2.38. The fraction of sp³-hybridized carbons (Fsp3) is 0.429. The number of hydrogen-bond donors (Lipinski definition) is 1. The van der Waals surface area contributed by atoms with Crippen molar-refractivity contribution < 1.29 is 9.53 Å². The van der Waals surface area contributed by atoms with E-state index in [0.717, 1.165) is 24.8 Å². The molecule has 0 radical (unpaired) electrons. The van der Waals surface area contributed by atoms with Crippen molar-refractivity contribution in [1.82, 2.24) is 0 Å². The number of carbonyl (C=O) groups is 1. The lowest BCUT2D eigenvalue weighted by Gasteiger charge is -2.33. The molecule has 0 fully saturated rings. The zero-order valence-electron chi connectivity index (χ0n) is 16.0. The van der Waals surface area contributed by atoms with Gasteiger partial charge in [-0.3, -0.25) is 4.79 Å². The summed E-state index contributed by atoms with van der Waals surface area (Å²) >= 11 is 7.65. The number of nitrogens with one attached hydrogen (secondary N) is 1. The lowest BCUT2D eigenvalue weighted by Crippen LogP contribution is -2.26. The fourth-order valence-electron chi connectivity index (χ4n) is 3.51. The highest BCUT2D eigenvalue weighted by Crippen LogP contribution is 2.44. The quantitative estimate of drug-likeness (QED) is 0.717. The summed E-state index contributed by atoms with van der Waals surface area (Å²) in [4.78, 5) is 13.9. The predicted octanol–water partition coefficient (Wildman–Crippen LogP) is 5.69. The zero-order valence-corrected chi connectivity index (χ0v) is 17.6. The van der Waals surface area contributed by atoms with Crippen LogP contribution in [0.25, 0.3) is 0 Å². The van der Waals surface area contributed by atoms with Gasteiger partial charge in [-0.2, -0.15) is 5.26 Å². The normalized spacial score (nSPS) is 16.4. The van der Waals surface area contributed by atoms with Crippen molar-refractivity contribution in [3.63, 3.8) is 0 Å². The van der Waals surface area contributed by atoms with Crippen molar-refractivity contribution in [3.8, 4) is 11.8 Å². The van der Waals surface area contributed by atoms with Gasteiger partial charge in [0.15, 0.2) is 0 Å². The maximum absolute atomic E-state index is 12.7. The van der Waals surface area contributed by atoms with Crippen LogP contribution < -0.4 is 10.1 Å². The van der Waals surface area contributed by atoms with Crippen molar-refractivity contribution in [2.24, 2.45) is 11.3 Å². The molecule has 1 aromatic carbocycles. The molecule has 1 N–H and O–H groups in total. The van der Waals surface area contributed by atoms with Gasteiger partial charge in [-0.25, -0.2) is 0 Å². The Morgan fingerprint density at radius 2 is 2.15 bits per heavy atom. The van der Waals surface area contributed by atoms with E-state index in [0.29, 0.717) is 32.8 Å². The molecule has 0 aliphatic heterocycles. The number of thiophene rings is 1. The molecule has 1 aromatic heterocycles. The standard InChI is InChI=1S/C21H23ClN2O2S/c1-21(2,3)13-6-7-14-15(11-23)20(27-18(14)10-13)24-19(25)12-5-8-17(26-4)16(22)9-12/h5,8-9,13H,6-7,10H2,1-4H3,(H,24,25)/t13-/m1/s1. The van der Waals surface area contributed by atoms with Crippen molar-refractivity contribution in [1.29, 1.82) is 5.26 Å². The first-order valence-electron chi connectivity index (χ1n) is 8.94. The smallest absolute Gasteiger partial charge is 0.256 e. The largest absolute Gasteiger partial charge is 0.495 e. The molecule has 27 heavy (non-hydrogen) atoms. The molecule has 1 aliphatic carbocycles. The van der Waals surface area contributed by atoms with Crippen LogP contribution in [0.5, 0.6) is 5.75 Å². The number of fused-ring (bicyclic) bond motifs is 1. The Kier molecular flexibility index (Phi) is 5.50. The molecular formula is C21H23ClN2O2S. The molecule has 2 aromatic rings. The van der Waals surface area contributed by atoms with Crippen molar-refractivity contribution in [3.05, 3.63) is 44.8 Å². The van der Waals surface area contributed by atoms with Crippen molar-refractivity contribution in [2.75, 3.05) is 12.4 Å². The minimum absolute atomic E-state index is 0.234. The van der Waals surface area contributed by atoms with E-state index in [9.17, 15) is 10.1 Å². The van der Waals surface area contributed by atoms with E-state index in [2.05, 4.69) is 32.2 Å². The van der Waals surface area contributed by atoms with Gasteiger partial charge in [-0.15, -0.1) is 11.3 Å². The maximum atomic E-state index is 12.7. The van der Waals surface area contributed by atoms with Gasteiger partial charge in [-0.05, 0) is 54.4 Å². The minimum atomic E-state index is -0.276. The summed E-state index contributed by atoms with van der Waals surface area (Å²) in [5, 5.41) is 13.6. The van der Waals surface area contributed by atoms with Crippen LogP contribution in [0.15, 0.2) is 18.2 Å². The zero-order chi connectivity index (χ0) is 19.8. The molecule has 0 spiro atoms. The molecule has 0 saturated carbocycles. The number of ether oxygens (including phenoxy) is 1. The van der Waals surface area contributed by atoms with Crippen molar-refractivity contribution in [2.45, 2.75) is 40.0 Å². The van der Waals surface area contributed by atoms with Crippen LogP contribution in [0.4, 0.5) is 5.00 Å². The monoisotopic (exact) mass is 402 g/mol. The van der Waals surface area contributed by atoms with Gasteiger partial charge in [0.25, 0.3) is 5.91 Å². The van der Waals surface area contributed by atoms with Gasteiger partial charge in [-0.1, -0.05) is 32.4 Å². The SMILES string of the molecule is COc1ccc(C(=O)Nc2sc3c(c2C#N)CC[C@@H](C(C)(C)C)C3)cc1Cl. The highest BCUT2D eigenvalue weighted by atomic mass is 35.5. The summed E-state index contributed by atoms with van der Waals surface area (Å²) < 4.78 is 5.12. The molecule has 1 amide bonds. The molecule has 0 saturated heterocycles. The third kappa shape index (κ3) is 3.97. The average Bonchev–Trinajstić information content (AvgIpc) is 2.96. The number of amides is 1. The van der Waals surface area contributed by atoms with Crippen LogP contribution in [-0.2, 0) is 12.8 Å². The second-order valence-electron chi connectivity index (χ2n) is 7.93. The van der Waals surface area contributed by atoms with E-state index in [4.69, 9.17) is 16.3 Å². The summed E-state index contributed by atoms with van der Waals surface area (Å²) in [5.74, 6) is 0.826. The van der Waals surface area contributed by atoms with Crippen LogP contribution in [0.1, 0.15) is 53.6 Å². The summed E-state index contributed by atoms with van der Waals surface area (Å²) in [7, 11) is 1.53. The van der Waals surface area contributed by atoms with Crippen molar-refractivity contribution >= 4 is 33.8 Å². The van der Waals surface area contributed by atoms with Gasteiger partial charge in [0.1, 0.15) is 16.8 Å². The van der Waals surface area contributed by atoms with E-state index >= 15 is 0 Å². The van der Waals surface area contributed by atoms with E-state index < -0.39 is 0 Å². The van der Waals surface area contributed by atoms with E-state index in [1.807, 2.05) is 0 Å². The average molecular weight is 403 g/mol. The minimum Gasteiger partial charge on any atom is -0.495 e.